The van der Waals surface area contributed by atoms with Gasteiger partial charge in [-0.1, -0.05) is 0 Å². The summed E-state index contributed by atoms with van der Waals surface area (Å²) in [5.74, 6) is 0. The molecule has 0 saturated heterocycles. The van der Waals surface area contributed by atoms with Crippen LogP contribution in [0, 0.1) is 0 Å². The summed E-state index contributed by atoms with van der Waals surface area (Å²) in [6.07, 6.45) is 0.949. The van der Waals surface area contributed by atoms with Crippen molar-refractivity contribution in [3.8, 4) is 0 Å². The largest absolute Gasteiger partial charge is 0.386 e. The van der Waals surface area contributed by atoms with Crippen LogP contribution in [0.4, 0.5) is 0 Å². The molecule has 1 unspecified atom stereocenters. The zero-order valence-electron chi connectivity index (χ0n) is 6.68. The Labute approximate surface area is 64.9 Å². The summed E-state index contributed by atoms with van der Waals surface area (Å²) in [4.78, 5) is 0. The molecule has 62 valence electrons. The van der Waals surface area contributed by atoms with E-state index in [2.05, 4.69) is 0 Å². The van der Waals surface area contributed by atoms with E-state index in [1.807, 2.05) is 6.92 Å². The van der Waals surface area contributed by atoms with Crippen LogP contribution >= 0.6 is 0 Å². The average Bonchev–Trinajstić information content (AvgIpc) is 1.98. The molecule has 0 bridgehead atoms. The van der Waals surface area contributed by atoms with E-state index in [1.165, 1.54) is 0 Å². The van der Waals surface area contributed by atoms with Crippen LogP contribution in [0.25, 0.3) is 0 Å². The standard InChI is InChI=1S/C6H18N2OSi/c1-2-9-5-10-4-6(8)3-7/h6H,2-5,7-8,10H2,1H3. The van der Waals surface area contributed by atoms with Crippen molar-refractivity contribution in [3.05, 3.63) is 0 Å². The molecular formula is C6H18N2OSi. The maximum absolute atomic E-state index is 5.61. The summed E-state index contributed by atoms with van der Waals surface area (Å²) in [5.41, 5.74) is 11.0. The van der Waals surface area contributed by atoms with Crippen molar-refractivity contribution in [2.24, 2.45) is 11.5 Å². The molecule has 0 saturated carbocycles. The van der Waals surface area contributed by atoms with Gasteiger partial charge in [-0.2, -0.15) is 0 Å². The molecule has 0 aromatic carbocycles. The van der Waals surface area contributed by atoms with Crippen LogP contribution in [0.5, 0.6) is 0 Å². The summed E-state index contributed by atoms with van der Waals surface area (Å²) in [6, 6.07) is 1.32. The topological polar surface area (TPSA) is 61.3 Å². The predicted octanol–water partition coefficient (Wildman–Crippen LogP) is -1.15. The quantitative estimate of drug-likeness (QED) is 0.383. The summed E-state index contributed by atoms with van der Waals surface area (Å²) in [7, 11) is -0.0854. The molecule has 4 N–H and O–H groups in total. The molecule has 1 atom stereocenters. The third-order valence-electron chi connectivity index (χ3n) is 1.37. The fourth-order valence-electron chi connectivity index (χ4n) is 0.710. The second kappa shape index (κ2) is 7.21. The highest BCUT2D eigenvalue weighted by Crippen LogP contribution is 1.84. The van der Waals surface area contributed by atoms with Gasteiger partial charge in [-0.05, 0) is 13.0 Å². The fourth-order valence-corrected chi connectivity index (χ4v) is 2.13. The van der Waals surface area contributed by atoms with Crippen LogP contribution in [-0.4, -0.2) is 34.9 Å². The normalized spacial score (nSPS) is 14.7. The first-order valence-corrected chi connectivity index (χ1v) is 5.84. The van der Waals surface area contributed by atoms with Crippen molar-refractivity contribution in [3.63, 3.8) is 0 Å². The highest BCUT2D eigenvalue weighted by Gasteiger charge is 1.97. The summed E-state index contributed by atoms with van der Waals surface area (Å²) >= 11 is 0. The van der Waals surface area contributed by atoms with E-state index < -0.39 is 0 Å². The van der Waals surface area contributed by atoms with E-state index in [0.717, 1.165) is 18.9 Å². The molecule has 0 aromatic rings. The van der Waals surface area contributed by atoms with Gasteiger partial charge < -0.3 is 16.2 Å². The zero-order valence-corrected chi connectivity index (χ0v) is 8.09. The molecule has 0 aliphatic rings. The molecule has 10 heavy (non-hydrogen) atoms. The average molecular weight is 162 g/mol. The van der Waals surface area contributed by atoms with Crippen molar-refractivity contribution >= 4 is 9.52 Å². The minimum Gasteiger partial charge on any atom is -0.386 e. The summed E-state index contributed by atoms with van der Waals surface area (Å²) < 4.78 is 5.19. The lowest BCUT2D eigenvalue weighted by Gasteiger charge is -2.06. The van der Waals surface area contributed by atoms with Crippen molar-refractivity contribution in [2.45, 2.75) is 19.0 Å². The van der Waals surface area contributed by atoms with Crippen molar-refractivity contribution in [2.75, 3.05) is 19.4 Å². The zero-order chi connectivity index (χ0) is 7.82. The van der Waals surface area contributed by atoms with Gasteiger partial charge in [0.1, 0.15) is 0 Å². The number of nitrogens with two attached hydrogens (primary N) is 2. The predicted molar refractivity (Wildman–Crippen MR) is 46.9 cm³/mol. The minimum absolute atomic E-state index is 0.0854. The molecule has 4 heteroatoms. The van der Waals surface area contributed by atoms with Gasteiger partial charge in [0.25, 0.3) is 0 Å². The van der Waals surface area contributed by atoms with E-state index in [0.29, 0.717) is 6.54 Å². The fraction of sp³-hybridized carbons (Fsp3) is 1.00. The van der Waals surface area contributed by atoms with E-state index >= 15 is 0 Å². The molecule has 0 fully saturated rings. The Hall–Kier alpha value is 0.0969. The maximum atomic E-state index is 5.61. The van der Waals surface area contributed by atoms with Crippen LogP contribution < -0.4 is 11.5 Å². The molecular weight excluding hydrogens is 144 g/mol. The smallest absolute Gasteiger partial charge is 0.0532 e. The number of ether oxygens (including phenoxy) is 1. The Kier molecular flexibility index (Phi) is 7.28. The van der Waals surface area contributed by atoms with Gasteiger partial charge in [-0.3, -0.25) is 0 Å². The molecule has 0 radical (unpaired) electrons. The summed E-state index contributed by atoms with van der Waals surface area (Å²) in [5, 5.41) is 0. The number of rotatable bonds is 6. The highest BCUT2D eigenvalue weighted by atomic mass is 28.2. The van der Waals surface area contributed by atoms with Crippen molar-refractivity contribution in [1.29, 1.82) is 0 Å². The molecule has 0 rings (SSSR count). The highest BCUT2D eigenvalue weighted by molar-refractivity contribution is 6.35. The summed E-state index contributed by atoms with van der Waals surface area (Å²) in [6.45, 7) is 3.45. The first kappa shape index (κ1) is 10.1. The van der Waals surface area contributed by atoms with Crippen LogP contribution in [0.2, 0.25) is 6.04 Å². The van der Waals surface area contributed by atoms with Gasteiger partial charge >= 0.3 is 0 Å². The second-order valence-corrected chi connectivity index (χ2v) is 4.03. The van der Waals surface area contributed by atoms with E-state index in [1.54, 1.807) is 0 Å². The van der Waals surface area contributed by atoms with Gasteiger partial charge in [0.05, 0.1) is 9.52 Å². The first-order valence-electron chi connectivity index (χ1n) is 3.84. The number of hydrogen-bond donors (Lipinski definition) is 2. The molecule has 0 spiro atoms. The second-order valence-electron chi connectivity index (χ2n) is 2.33. The molecule has 3 nitrogen and oxygen atoms in total. The Morgan fingerprint density at radius 1 is 1.60 bits per heavy atom. The van der Waals surface area contributed by atoms with E-state index in [9.17, 15) is 0 Å². The monoisotopic (exact) mass is 162 g/mol. The Morgan fingerprint density at radius 3 is 2.80 bits per heavy atom. The van der Waals surface area contributed by atoms with Gasteiger partial charge in [0.2, 0.25) is 0 Å². The molecule has 0 aromatic heterocycles. The van der Waals surface area contributed by atoms with Crippen LogP contribution in [0.3, 0.4) is 0 Å². The SMILES string of the molecule is CCOC[SiH2]CC(N)CN. The van der Waals surface area contributed by atoms with Crippen molar-refractivity contribution in [1.82, 2.24) is 0 Å². The Morgan fingerprint density at radius 2 is 2.30 bits per heavy atom. The van der Waals surface area contributed by atoms with Gasteiger partial charge in [0, 0.05) is 25.4 Å². The van der Waals surface area contributed by atoms with Gasteiger partial charge in [0.15, 0.2) is 0 Å². The van der Waals surface area contributed by atoms with Crippen LogP contribution in [0.1, 0.15) is 6.92 Å². The van der Waals surface area contributed by atoms with Gasteiger partial charge in [-0.25, -0.2) is 0 Å². The molecule has 0 aliphatic carbocycles. The Balaban J connectivity index is 2.89. The number of hydrogen-bond acceptors (Lipinski definition) is 3. The first-order chi connectivity index (χ1) is 4.81. The lowest BCUT2D eigenvalue weighted by Crippen LogP contribution is -2.31. The molecule has 0 aliphatic heterocycles. The molecule has 0 heterocycles. The minimum atomic E-state index is -0.0854. The lowest BCUT2D eigenvalue weighted by molar-refractivity contribution is 0.192. The van der Waals surface area contributed by atoms with E-state index in [4.69, 9.17) is 16.2 Å². The van der Waals surface area contributed by atoms with Crippen LogP contribution in [-0.2, 0) is 4.74 Å². The third kappa shape index (κ3) is 6.22. The third-order valence-corrected chi connectivity index (χ3v) is 3.10. The van der Waals surface area contributed by atoms with Crippen LogP contribution in [0.15, 0.2) is 0 Å². The molecule has 0 amide bonds. The maximum Gasteiger partial charge on any atom is 0.0532 e. The lowest BCUT2D eigenvalue weighted by atomic mass is 10.4. The Bertz CT molecular complexity index is 72.8. The van der Waals surface area contributed by atoms with Gasteiger partial charge in [-0.15, -0.1) is 0 Å². The van der Waals surface area contributed by atoms with Crippen molar-refractivity contribution < 1.29 is 4.74 Å². The van der Waals surface area contributed by atoms with E-state index in [-0.39, 0.29) is 15.6 Å².